The zero-order valence-corrected chi connectivity index (χ0v) is 16.9. The molecule has 0 bridgehead atoms. The van der Waals surface area contributed by atoms with E-state index in [9.17, 15) is 9.59 Å². The number of aliphatic hydroxyl groups is 2. The largest absolute Gasteiger partial charge is 1.00 e. The Morgan fingerprint density at radius 2 is 0.882 bits per heavy atom. The predicted octanol–water partition coefficient (Wildman–Crippen LogP) is -14.1. The van der Waals surface area contributed by atoms with Crippen LogP contribution >= 0.6 is 0 Å². The zero-order chi connectivity index (χ0) is 8.31. The quantitative estimate of drug-likeness (QED) is 0.368. The summed E-state index contributed by atoms with van der Waals surface area (Å²) in [7, 11) is 0. The van der Waals surface area contributed by atoms with Gasteiger partial charge in [-0.2, -0.15) is 0 Å². The fraction of sp³-hybridized carbons (Fsp3) is 0.500. The van der Waals surface area contributed by atoms with Gasteiger partial charge in [-0.15, -0.1) is 0 Å². The van der Waals surface area contributed by atoms with Crippen molar-refractivity contribution in [3.05, 3.63) is 0 Å². The standard InChI is InChI=1S/C4H6O6.K.2Na.4H2O.3H/c5-1(3(7)8)2(6)4(9)10;;;;;;;;;;/h1-2,5-6H,(H,7,8)(H,9,10);;;;4*1H2;;;/q;3*+1;;;;;3*-1. The SMILES string of the molecule is O.O.O.O.O=C(O)C(O)C(O)C(=O)O.[H-].[H-].[H-].[K+].[Na+].[Na+]. The maximum absolute atomic E-state index is 9.77. The van der Waals surface area contributed by atoms with E-state index in [1.807, 2.05) is 0 Å². The molecule has 0 aliphatic heterocycles. The average molecular weight is 310 g/mol. The maximum atomic E-state index is 9.77. The van der Waals surface area contributed by atoms with E-state index < -0.39 is 24.1 Å². The molecule has 0 saturated heterocycles. The van der Waals surface area contributed by atoms with E-state index in [-0.39, 0.29) is 137 Å². The number of hydrogen-bond acceptors (Lipinski definition) is 4. The van der Waals surface area contributed by atoms with Crippen molar-refractivity contribution in [2.24, 2.45) is 0 Å². The van der Waals surface area contributed by atoms with Crippen LogP contribution in [0, 0.1) is 0 Å². The van der Waals surface area contributed by atoms with E-state index in [2.05, 4.69) is 0 Å². The summed E-state index contributed by atoms with van der Waals surface area (Å²) in [6.45, 7) is 0. The van der Waals surface area contributed by atoms with Gasteiger partial charge < -0.3 is 46.6 Å². The molecule has 0 fully saturated rings. The molecule has 0 spiro atoms. The predicted molar refractivity (Wildman–Crippen MR) is 45.1 cm³/mol. The molecule has 17 heavy (non-hydrogen) atoms. The molecule has 0 aliphatic carbocycles. The monoisotopic (exact) mass is 310 g/mol. The van der Waals surface area contributed by atoms with Gasteiger partial charge in [-0.05, 0) is 0 Å². The Labute approximate surface area is 187 Å². The summed E-state index contributed by atoms with van der Waals surface area (Å²) in [4.78, 5) is 19.5. The summed E-state index contributed by atoms with van der Waals surface area (Å²) in [6.07, 6.45) is -4.53. The first-order chi connectivity index (χ1) is 4.46. The van der Waals surface area contributed by atoms with Gasteiger partial charge in [-0.1, -0.05) is 0 Å². The summed E-state index contributed by atoms with van der Waals surface area (Å²) >= 11 is 0. The summed E-state index contributed by atoms with van der Waals surface area (Å²) in [5, 5.41) is 32.5. The van der Waals surface area contributed by atoms with Crippen LogP contribution in [0.25, 0.3) is 0 Å². The molecule has 0 saturated carbocycles. The second kappa shape index (κ2) is 26.8. The molecule has 10 nitrogen and oxygen atoms in total. The number of carboxylic acids is 2. The van der Waals surface area contributed by atoms with Gasteiger partial charge >= 0.3 is 122 Å². The molecule has 96 valence electrons. The minimum absolute atomic E-state index is 0. The number of rotatable bonds is 3. The molecule has 0 aromatic carbocycles. The first kappa shape index (κ1) is 50.6. The van der Waals surface area contributed by atoms with Crippen molar-refractivity contribution in [3.8, 4) is 0 Å². The van der Waals surface area contributed by atoms with Gasteiger partial charge in [0.15, 0.2) is 12.2 Å². The Morgan fingerprint density at radius 3 is 0.941 bits per heavy atom. The van der Waals surface area contributed by atoms with E-state index in [0.29, 0.717) is 0 Å². The van der Waals surface area contributed by atoms with Gasteiger partial charge in [0, 0.05) is 0 Å². The first-order valence-electron chi connectivity index (χ1n) is 2.28. The van der Waals surface area contributed by atoms with Crippen LogP contribution in [-0.4, -0.2) is 66.5 Å². The summed E-state index contributed by atoms with van der Waals surface area (Å²) < 4.78 is 0. The van der Waals surface area contributed by atoms with Gasteiger partial charge in [0.1, 0.15) is 0 Å². The third kappa shape index (κ3) is 23.8. The smallest absolute Gasteiger partial charge is 1.00 e. The Kier molecular flexibility index (Phi) is 79.8. The van der Waals surface area contributed by atoms with E-state index >= 15 is 0 Å². The Bertz CT molecular complexity index is 163. The second-order valence-electron chi connectivity index (χ2n) is 1.57. The summed E-state index contributed by atoms with van der Waals surface area (Å²) in [5.74, 6) is -3.54. The van der Waals surface area contributed by atoms with Gasteiger partial charge in [0.2, 0.25) is 0 Å². The fourth-order valence-corrected chi connectivity index (χ4v) is 0.270. The Hall–Kier alpha value is 2.34. The van der Waals surface area contributed by atoms with Crippen molar-refractivity contribution < 1.29 is 167 Å². The van der Waals surface area contributed by atoms with Crippen LogP contribution in [0.2, 0.25) is 0 Å². The average Bonchev–Trinajstić information content (AvgIpc) is 1.84. The molecule has 13 heteroatoms. The van der Waals surface area contributed by atoms with Crippen molar-refractivity contribution in [1.82, 2.24) is 0 Å². The van der Waals surface area contributed by atoms with Crippen molar-refractivity contribution in [1.29, 1.82) is 0 Å². The Morgan fingerprint density at radius 1 is 0.765 bits per heavy atom. The molecular weight excluding hydrogens is 293 g/mol. The molecule has 0 amide bonds. The molecule has 0 aliphatic rings. The first-order valence-corrected chi connectivity index (χ1v) is 2.28. The minimum Gasteiger partial charge on any atom is -1.00 e. The van der Waals surface area contributed by atoms with Gasteiger partial charge in [-0.3, -0.25) is 0 Å². The number of carbonyl (C=O) groups is 2. The van der Waals surface area contributed by atoms with Crippen molar-refractivity contribution in [3.63, 3.8) is 0 Å². The fourth-order valence-electron chi connectivity index (χ4n) is 0.270. The summed E-state index contributed by atoms with van der Waals surface area (Å²) in [6, 6.07) is 0. The number of aliphatic carboxylic acids is 2. The molecule has 0 rings (SSSR count). The normalized spacial score (nSPS) is 9.29. The maximum Gasteiger partial charge on any atom is 1.00 e. The van der Waals surface area contributed by atoms with Gasteiger partial charge in [0.25, 0.3) is 0 Å². The third-order valence-electron chi connectivity index (χ3n) is 0.805. The van der Waals surface area contributed by atoms with E-state index in [0.717, 1.165) is 0 Å². The molecule has 12 N–H and O–H groups in total. The van der Waals surface area contributed by atoms with E-state index in [1.165, 1.54) is 0 Å². The molecule has 0 radical (unpaired) electrons. The van der Waals surface area contributed by atoms with Crippen LogP contribution in [0.4, 0.5) is 0 Å². The second-order valence-corrected chi connectivity index (χ2v) is 1.57. The Balaban J connectivity index is -0.00000000900. The van der Waals surface area contributed by atoms with Crippen molar-refractivity contribution in [2.75, 3.05) is 0 Å². The third-order valence-corrected chi connectivity index (χ3v) is 0.805. The molecule has 2 unspecified atom stereocenters. The van der Waals surface area contributed by atoms with Crippen LogP contribution < -0.4 is 110 Å². The topological polar surface area (TPSA) is 241 Å². The molecule has 0 aromatic rings. The molecular formula is C4H17KNa2O10. The molecule has 0 heterocycles. The van der Waals surface area contributed by atoms with Crippen LogP contribution in [0.15, 0.2) is 0 Å². The zero-order valence-electron chi connectivity index (χ0n) is 12.8. The molecule has 0 aromatic heterocycles. The van der Waals surface area contributed by atoms with Crippen LogP contribution in [0.5, 0.6) is 0 Å². The van der Waals surface area contributed by atoms with Crippen LogP contribution in [-0.2, 0) is 9.59 Å². The molecule has 2 atom stereocenters. The van der Waals surface area contributed by atoms with Gasteiger partial charge in [-0.25, -0.2) is 9.59 Å². The number of hydrogen-bond donors (Lipinski definition) is 4. The van der Waals surface area contributed by atoms with Crippen molar-refractivity contribution >= 4 is 11.9 Å². The van der Waals surface area contributed by atoms with E-state index in [4.69, 9.17) is 20.4 Å². The van der Waals surface area contributed by atoms with Crippen molar-refractivity contribution in [2.45, 2.75) is 12.2 Å². The van der Waals surface area contributed by atoms with Crippen LogP contribution in [0.1, 0.15) is 4.28 Å². The van der Waals surface area contributed by atoms with Gasteiger partial charge in [0.05, 0.1) is 0 Å². The minimum atomic E-state index is -2.27. The number of aliphatic hydroxyl groups excluding tert-OH is 2. The van der Waals surface area contributed by atoms with Crippen LogP contribution in [0.3, 0.4) is 0 Å². The number of carboxylic acid groups (broad SMARTS) is 2. The summed E-state index contributed by atoms with van der Waals surface area (Å²) in [5.41, 5.74) is 0. The van der Waals surface area contributed by atoms with E-state index in [1.54, 1.807) is 0 Å².